The van der Waals surface area contributed by atoms with Crippen LogP contribution in [0.4, 0.5) is 0 Å². The van der Waals surface area contributed by atoms with Gasteiger partial charge in [0.15, 0.2) is 0 Å². The topological polar surface area (TPSA) is 138 Å². The predicted octanol–water partition coefficient (Wildman–Crippen LogP) is 7.26. The van der Waals surface area contributed by atoms with Crippen molar-refractivity contribution in [2.75, 3.05) is 27.8 Å². The Kier molecular flexibility index (Phi) is 21.2. The highest BCUT2D eigenvalue weighted by atomic mass is 16.5. The van der Waals surface area contributed by atoms with Gasteiger partial charge in [0.1, 0.15) is 6.04 Å². The molecule has 1 aromatic carbocycles. The number of ether oxygens (including phenoxy) is 2. The molecular formula is C46H80N4O7. The van der Waals surface area contributed by atoms with E-state index in [2.05, 4.69) is 50.5 Å². The number of aliphatic hydroxyl groups excluding tert-OH is 1. The van der Waals surface area contributed by atoms with Crippen molar-refractivity contribution in [1.82, 2.24) is 20.4 Å². The Morgan fingerprint density at radius 3 is 1.95 bits per heavy atom. The normalized spacial score (nSPS) is 19.9. The summed E-state index contributed by atoms with van der Waals surface area (Å²) in [6.45, 7) is 22.3. The minimum Gasteiger partial charge on any atom is -0.386 e. The van der Waals surface area contributed by atoms with Crippen molar-refractivity contribution in [2.45, 2.75) is 176 Å². The predicted molar refractivity (Wildman–Crippen MR) is 228 cm³/mol. The molecule has 1 saturated heterocycles. The summed E-state index contributed by atoms with van der Waals surface area (Å²) in [5.41, 5.74) is 2.02. The highest BCUT2D eigenvalue weighted by molar-refractivity contribution is 5.89. The molecule has 0 saturated carbocycles. The van der Waals surface area contributed by atoms with E-state index < -0.39 is 42.4 Å². The Balaban J connectivity index is 2.20. The van der Waals surface area contributed by atoms with Gasteiger partial charge in [-0.05, 0) is 67.4 Å². The SMILES string of the molecule is CCCCC(CC)c1ccc([C@H](O)[C@@H](C)NC(=O)[C@H](C)[C@@H](OC)[C@@H]2CCCN2C(=O)C[C@@H](OC)[C@H]([C@@H](C)CC)N(C)C(=O)[C@@H](NC(=O)[C@@H](C)C(C)C)C(C)C)cc1. The molecular weight excluding hydrogens is 721 g/mol. The molecule has 11 atom stereocenters. The van der Waals surface area contributed by atoms with Gasteiger partial charge in [0.05, 0.1) is 48.8 Å². The van der Waals surface area contributed by atoms with Crippen molar-refractivity contribution >= 4 is 23.6 Å². The van der Waals surface area contributed by atoms with Gasteiger partial charge >= 0.3 is 0 Å². The number of hydrogen-bond acceptors (Lipinski definition) is 7. The van der Waals surface area contributed by atoms with Crippen LogP contribution in [0, 0.1) is 29.6 Å². The quantitative estimate of drug-likeness (QED) is 0.100. The summed E-state index contributed by atoms with van der Waals surface area (Å²) in [4.78, 5) is 58.6. The molecule has 1 fully saturated rings. The van der Waals surface area contributed by atoms with Gasteiger partial charge < -0.3 is 35.0 Å². The maximum absolute atomic E-state index is 14.2. The average Bonchev–Trinajstić information content (AvgIpc) is 3.68. The second-order valence-corrected chi connectivity index (χ2v) is 17.5. The number of amides is 4. The van der Waals surface area contributed by atoms with E-state index in [9.17, 15) is 24.3 Å². The maximum atomic E-state index is 14.2. The van der Waals surface area contributed by atoms with Gasteiger partial charge in [-0.15, -0.1) is 0 Å². The number of unbranched alkanes of at least 4 members (excludes halogenated alkanes) is 1. The smallest absolute Gasteiger partial charge is 0.245 e. The van der Waals surface area contributed by atoms with Gasteiger partial charge in [0.25, 0.3) is 0 Å². The number of benzene rings is 1. The fourth-order valence-electron chi connectivity index (χ4n) is 8.37. The molecule has 0 aliphatic carbocycles. The molecule has 1 aromatic rings. The molecule has 0 radical (unpaired) electrons. The molecule has 1 aliphatic rings. The molecule has 326 valence electrons. The summed E-state index contributed by atoms with van der Waals surface area (Å²) < 4.78 is 12.0. The van der Waals surface area contributed by atoms with Gasteiger partial charge in [0.2, 0.25) is 23.6 Å². The maximum Gasteiger partial charge on any atom is 0.245 e. The van der Waals surface area contributed by atoms with Crippen LogP contribution in [0.25, 0.3) is 0 Å². The molecule has 1 aliphatic heterocycles. The molecule has 1 unspecified atom stereocenters. The van der Waals surface area contributed by atoms with Crippen LogP contribution in [0.2, 0.25) is 0 Å². The third kappa shape index (κ3) is 13.5. The molecule has 11 nitrogen and oxygen atoms in total. The van der Waals surface area contributed by atoms with Crippen molar-refractivity contribution in [3.8, 4) is 0 Å². The third-order valence-electron chi connectivity index (χ3n) is 12.9. The number of aliphatic hydroxyl groups is 1. The highest BCUT2D eigenvalue weighted by Crippen LogP contribution is 2.31. The second kappa shape index (κ2) is 24.2. The van der Waals surface area contributed by atoms with Gasteiger partial charge in [-0.1, -0.05) is 113 Å². The van der Waals surface area contributed by atoms with Crippen molar-refractivity contribution in [3.05, 3.63) is 35.4 Å². The zero-order valence-corrected chi connectivity index (χ0v) is 38.0. The first-order chi connectivity index (χ1) is 26.9. The number of carbonyl (C=O) groups excluding carboxylic acids is 4. The van der Waals surface area contributed by atoms with E-state index in [1.165, 1.54) is 12.0 Å². The van der Waals surface area contributed by atoms with Crippen LogP contribution in [0.5, 0.6) is 0 Å². The first kappa shape index (κ1) is 50.1. The van der Waals surface area contributed by atoms with E-state index in [1.54, 1.807) is 33.1 Å². The standard InChI is InChI=1S/C46H80N4O7/c1-15-18-20-34(17-3)35-22-24-36(25-23-35)42(52)33(11)47-45(54)32(10)43(57-14)37-21-19-26-50(37)39(51)27-38(56-13)41(30(8)16-2)49(12)46(55)40(29(6)7)48-44(53)31(9)28(4)5/h22-25,28-34,37-38,40-43,52H,15-21,26-27H2,1-14H3,(H,47,54)(H,48,53)/t30-,31-,32+,33+,34?,37-,38+,40-,41-,42+,43+/m0/s1. The van der Waals surface area contributed by atoms with E-state index >= 15 is 0 Å². The number of likely N-dealkylation sites (tertiary alicyclic amines) is 1. The van der Waals surface area contributed by atoms with E-state index in [4.69, 9.17) is 9.47 Å². The Labute approximate surface area is 345 Å². The molecule has 0 spiro atoms. The van der Waals surface area contributed by atoms with Gasteiger partial charge in [0, 0.05) is 33.7 Å². The average molecular weight is 801 g/mol. The van der Waals surface area contributed by atoms with Crippen molar-refractivity contribution in [3.63, 3.8) is 0 Å². The number of hydrogen-bond donors (Lipinski definition) is 3. The van der Waals surface area contributed by atoms with Crippen LogP contribution in [0.15, 0.2) is 24.3 Å². The van der Waals surface area contributed by atoms with Crippen LogP contribution in [0.3, 0.4) is 0 Å². The lowest BCUT2D eigenvalue weighted by molar-refractivity contribution is -0.148. The number of nitrogens with zero attached hydrogens (tertiary/aromatic N) is 2. The molecule has 0 bridgehead atoms. The molecule has 2 rings (SSSR count). The Morgan fingerprint density at radius 2 is 1.44 bits per heavy atom. The fourth-order valence-corrected chi connectivity index (χ4v) is 8.37. The van der Waals surface area contributed by atoms with Crippen LogP contribution < -0.4 is 10.6 Å². The van der Waals surface area contributed by atoms with Crippen LogP contribution in [-0.2, 0) is 28.7 Å². The van der Waals surface area contributed by atoms with Crippen molar-refractivity contribution in [1.29, 1.82) is 0 Å². The van der Waals surface area contributed by atoms with Crippen LogP contribution in [-0.4, -0.2) is 103 Å². The summed E-state index contributed by atoms with van der Waals surface area (Å²) in [5, 5.41) is 17.3. The van der Waals surface area contributed by atoms with Crippen molar-refractivity contribution < 1.29 is 33.8 Å². The summed E-state index contributed by atoms with van der Waals surface area (Å²) in [6, 6.07) is 6.08. The monoisotopic (exact) mass is 801 g/mol. The minimum atomic E-state index is -0.887. The lowest BCUT2D eigenvalue weighted by Crippen LogP contribution is -2.58. The first-order valence-corrected chi connectivity index (χ1v) is 21.9. The number of nitrogens with one attached hydrogen (secondary N) is 2. The molecule has 1 heterocycles. The molecule has 57 heavy (non-hydrogen) atoms. The summed E-state index contributed by atoms with van der Waals surface area (Å²) in [7, 11) is 4.89. The number of likely N-dealkylation sites (N-methyl/N-ethyl adjacent to an activating group) is 1. The highest BCUT2D eigenvalue weighted by Gasteiger charge is 2.43. The fraction of sp³-hybridized carbons (Fsp3) is 0.783. The van der Waals surface area contributed by atoms with E-state index in [1.807, 2.05) is 58.6 Å². The number of carbonyl (C=O) groups is 4. The largest absolute Gasteiger partial charge is 0.386 e. The van der Waals surface area contributed by atoms with Gasteiger partial charge in [-0.3, -0.25) is 19.2 Å². The lowest BCUT2D eigenvalue weighted by atomic mass is 9.89. The first-order valence-electron chi connectivity index (χ1n) is 21.9. The summed E-state index contributed by atoms with van der Waals surface area (Å²) >= 11 is 0. The van der Waals surface area contributed by atoms with Crippen LogP contribution in [0.1, 0.15) is 151 Å². The molecule has 0 aromatic heterocycles. The lowest BCUT2D eigenvalue weighted by Gasteiger charge is -2.41. The summed E-state index contributed by atoms with van der Waals surface area (Å²) in [5.74, 6) is -1.12. The number of rotatable bonds is 24. The van der Waals surface area contributed by atoms with Crippen molar-refractivity contribution in [2.24, 2.45) is 29.6 Å². The zero-order chi connectivity index (χ0) is 43.1. The molecule has 11 heteroatoms. The Hall–Kier alpha value is -3.02. The summed E-state index contributed by atoms with van der Waals surface area (Å²) in [6.07, 6.45) is 4.73. The van der Waals surface area contributed by atoms with Crippen LogP contribution >= 0.6 is 0 Å². The second-order valence-electron chi connectivity index (χ2n) is 17.5. The Morgan fingerprint density at radius 1 is 0.842 bits per heavy atom. The van der Waals surface area contributed by atoms with Gasteiger partial charge in [-0.25, -0.2) is 0 Å². The van der Waals surface area contributed by atoms with E-state index in [0.717, 1.165) is 37.7 Å². The number of methoxy groups -OCH3 is 2. The molecule has 4 amide bonds. The minimum absolute atomic E-state index is 0.00560. The Bertz CT molecular complexity index is 1390. The van der Waals surface area contributed by atoms with E-state index in [-0.39, 0.29) is 59.8 Å². The molecule has 3 N–H and O–H groups in total. The van der Waals surface area contributed by atoms with E-state index in [0.29, 0.717) is 18.9 Å². The third-order valence-corrected chi connectivity index (χ3v) is 12.9. The van der Waals surface area contributed by atoms with Gasteiger partial charge in [-0.2, -0.15) is 0 Å². The zero-order valence-electron chi connectivity index (χ0n) is 38.0.